The van der Waals surface area contributed by atoms with Crippen LogP contribution in [0, 0.1) is 5.82 Å². The first-order valence-electron chi connectivity index (χ1n) is 4.76. The van der Waals surface area contributed by atoms with E-state index in [1.807, 2.05) is 0 Å². The van der Waals surface area contributed by atoms with Gasteiger partial charge in [0.05, 0.1) is 11.3 Å². The lowest BCUT2D eigenvalue weighted by Gasteiger charge is -2.08. The van der Waals surface area contributed by atoms with E-state index in [1.165, 1.54) is 18.3 Å². The molecule has 1 aromatic carbocycles. The van der Waals surface area contributed by atoms with E-state index in [2.05, 4.69) is 4.98 Å². The van der Waals surface area contributed by atoms with Crippen molar-refractivity contribution in [1.82, 2.24) is 4.98 Å². The highest BCUT2D eigenvalue weighted by molar-refractivity contribution is 5.60. The molecule has 0 aliphatic rings. The Balaban J connectivity index is 2.47. The predicted molar refractivity (Wildman–Crippen MR) is 54.6 cm³/mol. The number of pyridine rings is 1. The van der Waals surface area contributed by atoms with Crippen LogP contribution in [0.3, 0.4) is 0 Å². The molecule has 2 rings (SSSR count). The van der Waals surface area contributed by atoms with Gasteiger partial charge >= 0.3 is 6.18 Å². The fourth-order valence-corrected chi connectivity index (χ4v) is 1.42. The van der Waals surface area contributed by atoms with E-state index in [9.17, 15) is 17.6 Å². The Hall–Kier alpha value is -1.91. The Morgan fingerprint density at radius 2 is 1.76 bits per heavy atom. The molecule has 1 nitrogen and oxygen atoms in total. The van der Waals surface area contributed by atoms with Gasteiger partial charge in [0.25, 0.3) is 0 Å². The highest BCUT2D eigenvalue weighted by Crippen LogP contribution is 2.31. The molecule has 0 aliphatic carbocycles. The second-order valence-electron chi connectivity index (χ2n) is 3.44. The Bertz CT molecular complexity index is 534. The third kappa shape index (κ3) is 2.61. The maximum absolute atomic E-state index is 12.9. The average molecular weight is 241 g/mol. The van der Waals surface area contributed by atoms with Gasteiger partial charge in [-0.15, -0.1) is 0 Å². The van der Waals surface area contributed by atoms with Crippen LogP contribution in [-0.4, -0.2) is 4.98 Å². The second-order valence-corrected chi connectivity index (χ2v) is 3.44. The molecule has 1 heterocycles. The fraction of sp³-hybridized carbons (Fsp3) is 0.0833. The molecule has 2 aromatic rings. The number of halogens is 4. The van der Waals surface area contributed by atoms with Crippen LogP contribution >= 0.6 is 0 Å². The van der Waals surface area contributed by atoms with Crippen LogP contribution < -0.4 is 0 Å². The molecule has 0 saturated heterocycles. The van der Waals surface area contributed by atoms with Crippen LogP contribution in [0.2, 0.25) is 0 Å². The van der Waals surface area contributed by atoms with Gasteiger partial charge in [0.1, 0.15) is 5.82 Å². The second kappa shape index (κ2) is 4.16. The van der Waals surface area contributed by atoms with Crippen molar-refractivity contribution < 1.29 is 17.6 Å². The van der Waals surface area contributed by atoms with Gasteiger partial charge in [-0.05, 0) is 18.2 Å². The summed E-state index contributed by atoms with van der Waals surface area (Å²) in [5.74, 6) is -0.535. The van der Waals surface area contributed by atoms with Gasteiger partial charge in [-0.1, -0.05) is 12.1 Å². The van der Waals surface area contributed by atoms with E-state index in [-0.39, 0.29) is 11.3 Å². The minimum atomic E-state index is -4.41. The summed E-state index contributed by atoms with van der Waals surface area (Å²) in [6, 6.07) is 6.86. The first-order valence-corrected chi connectivity index (χ1v) is 4.76. The van der Waals surface area contributed by atoms with Crippen molar-refractivity contribution in [1.29, 1.82) is 0 Å². The molecule has 88 valence electrons. The van der Waals surface area contributed by atoms with Gasteiger partial charge in [-0.3, -0.25) is 4.98 Å². The number of hydrogen-bond donors (Lipinski definition) is 0. The summed E-state index contributed by atoms with van der Waals surface area (Å²) in [7, 11) is 0. The molecule has 0 fully saturated rings. The molecule has 0 saturated carbocycles. The highest BCUT2D eigenvalue weighted by Gasteiger charge is 2.30. The molecule has 0 bridgehead atoms. The van der Waals surface area contributed by atoms with Gasteiger partial charge < -0.3 is 0 Å². The van der Waals surface area contributed by atoms with Crippen LogP contribution in [0.4, 0.5) is 17.6 Å². The third-order valence-corrected chi connectivity index (χ3v) is 2.21. The zero-order valence-electron chi connectivity index (χ0n) is 8.50. The third-order valence-electron chi connectivity index (χ3n) is 2.21. The van der Waals surface area contributed by atoms with Crippen LogP contribution in [-0.2, 0) is 6.18 Å². The Morgan fingerprint density at radius 1 is 1.00 bits per heavy atom. The summed E-state index contributed by atoms with van der Waals surface area (Å²) in [5, 5.41) is 0. The molecule has 0 amide bonds. The molecule has 1 aromatic heterocycles. The highest BCUT2D eigenvalue weighted by atomic mass is 19.4. The van der Waals surface area contributed by atoms with E-state index in [4.69, 9.17) is 0 Å². The molecule has 0 radical (unpaired) electrons. The molecule has 17 heavy (non-hydrogen) atoms. The average Bonchev–Trinajstić information content (AvgIpc) is 2.28. The molecule has 0 spiro atoms. The first-order chi connectivity index (χ1) is 7.97. The minimum Gasteiger partial charge on any atom is -0.256 e. The van der Waals surface area contributed by atoms with E-state index in [1.54, 1.807) is 0 Å². The van der Waals surface area contributed by atoms with Crippen molar-refractivity contribution >= 4 is 0 Å². The SMILES string of the molecule is Fc1ccnc(-c2cccc(C(F)(F)F)c2)c1. The number of aromatic nitrogens is 1. The first kappa shape index (κ1) is 11.6. The quantitative estimate of drug-likeness (QED) is 0.690. The fourth-order valence-electron chi connectivity index (χ4n) is 1.42. The topological polar surface area (TPSA) is 12.9 Å². The molecule has 5 heteroatoms. The van der Waals surface area contributed by atoms with Crippen LogP contribution in [0.5, 0.6) is 0 Å². The molecule has 0 N–H and O–H groups in total. The van der Waals surface area contributed by atoms with Gasteiger partial charge in [0.2, 0.25) is 0 Å². The van der Waals surface area contributed by atoms with Crippen molar-refractivity contribution in [3.05, 3.63) is 54.0 Å². The predicted octanol–water partition coefficient (Wildman–Crippen LogP) is 3.91. The zero-order chi connectivity index (χ0) is 12.5. The summed E-state index contributed by atoms with van der Waals surface area (Å²) >= 11 is 0. The van der Waals surface area contributed by atoms with E-state index in [0.717, 1.165) is 24.3 Å². The van der Waals surface area contributed by atoms with E-state index in [0.29, 0.717) is 0 Å². The van der Waals surface area contributed by atoms with Crippen molar-refractivity contribution in [2.24, 2.45) is 0 Å². The maximum atomic E-state index is 12.9. The molecule has 0 unspecified atom stereocenters. The van der Waals surface area contributed by atoms with Gasteiger partial charge in [0.15, 0.2) is 0 Å². The Kier molecular flexibility index (Phi) is 2.83. The summed E-state index contributed by atoms with van der Waals surface area (Å²) in [5.41, 5.74) is -0.364. The Morgan fingerprint density at radius 3 is 2.41 bits per heavy atom. The van der Waals surface area contributed by atoms with Gasteiger partial charge in [-0.2, -0.15) is 13.2 Å². The number of alkyl halides is 3. The molecule has 0 aliphatic heterocycles. The summed E-state index contributed by atoms with van der Waals surface area (Å²) in [6.45, 7) is 0. The van der Waals surface area contributed by atoms with Crippen molar-refractivity contribution in [3.63, 3.8) is 0 Å². The standard InChI is InChI=1S/C12H7F4N/c13-10-4-5-17-11(7-10)8-2-1-3-9(6-8)12(14,15)16/h1-7H. The van der Waals surface area contributed by atoms with Crippen LogP contribution in [0.25, 0.3) is 11.3 Å². The summed E-state index contributed by atoms with van der Waals surface area (Å²) in [6.07, 6.45) is -3.20. The number of rotatable bonds is 1. The number of hydrogen-bond acceptors (Lipinski definition) is 1. The molecule has 0 atom stereocenters. The normalized spacial score (nSPS) is 11.5. The smallest absolute Gasteiger partial charge is 0.256 e. The van der Waals surface area contributed by atoms with Crippen molar-refractivity contribution in [2.45, 2.75) is 6.18 Å². The van der Waals surface area contributed by atoms with E-state index < -0.39 is 17.6 Å². The summed E-state index contributed by atoms with van der Waals surface area (Å²) < 4.78 is 50.3. The largest absolute Gasteiger partial charge is 0.416 e. The number of nitrogens with zero attached hydrogens (tertiary/aromatic N) is 1. The molecular formula is C12H7F4N. The van der Waals surface area contributed by atoms with Gasteiger partial charge in [-0.25, -0.2) is 4.39 Å². The zero-order valence-corrected chi connectivity index (χ0v) is 8.50. The van der Waals surface area contributed by atoms with Crippen LogP contribution in [0.1, 0.15) is 5.56 Å². The number of benzene rings is 1. The van der Waals surface area contributed by atoms with Crippen molar-refractivity contribution in [3.8, 4) is 11.3 Å². The Labute approximate surface area is 94.7 Å². The van der Waals surface area contributed by atoms with Gasteiger partial charge in [0, 0.05) is 17.8 Å². The maximum Gasteiger partial charge on any atom is 0.416 e. The lowest BCUT2D eigenvalue weighted by atomic mass is 10.1. The monoisotopic (exact) mass is 241 g/mol. The van der Waals surface area contributed by atoms with E-state index >= 15 is 0 Å². The lowest BCUT2D eigenvalue weighted by molar-refractivity contribution is -0.137. The summed E-state index contributed by atoms with van der Waals surface area (Å²) in [4.78, 5) is 3.83. The van der Waals surface area contributed by atoms with Crippen LogP contribution in [0.15, 0.2) is 42.6 Å². The van der Waals surface area contributed by atoms with Crippen molar-refractivity contribution in [2.75, 3.05) is 0 Å². The minimum absolute atomic E-state index is 0.177. The molecular weight excluding hydrogens is 234 g/mol. The lowest BCUT2D eigenvalue weighted by Crippen LogP contribution is -2.04.